The van der Waals surface area contributed by atoms with Gasteiger partial charge in [0.1, 0.15) is 5.75 Å². The molecule has 19 heavy (non-hydrogen) atoms. The van der Waals surface area contributed by atoms with Gasteiger partial charge < -0.3 is 4.74 Å². The topological polar surface area (TPSA) is 26.3 Å². The molecule has 2 heteroatoms. The van der Waals surface area contributed by atoms with Crippen molar-refractivity contribution in [2.24, 2.45) is 11.8 Å². The van der Waals surface area contributed by atoms with Crippen LogP contribution in [0, 0.1) is 11.8 Å². The van der Waals surface area contributed by atoms with Crippen molar-refractivity contribution < 1.29 is 9.53 Å². The van der Waals surface area contributed by atoms with Gasteiger partial charge in [-0.05, 0) is 37.3 Å². The second-order valence-electron chi connectivity index (χ2n) is 5.53. The molecule has 1 atom stereocenters. The predicted molar refractivity (Wildman–Crippen MR) is 77.1 cm³/mol. The molecule has 1 aliphatic rings. The molecular weight excluding hydrogens is 236 g/mol. The highest BCUT2D eigenvalue weighted by Crippen LogP contribution is 2.33. The van der Waals surface area contributed by atoms with Gasteiger partial charge in [0, 0.05) is 0 Å². The van der Waals surface area contributed by atoms with Crippen molar-refractivity contribution in [3.05, 3.63) is 30.3 Å². The maximum absolute atomic E-state index is 12.4. The van der Waals surface area contributed by atoms with Crippen LogP contribution in [0.4, 0.5) is 0 Å². The minimum absolute atomic E-state index is 0.0278. The molecule has 0 amide bonds. The van der Waals surface area contributed by atoms with Gasteiger partial charge >= 0.3 is 5.97 Å². The first-order valence-electron chi connectivity index (χ1n) is 7.58. The number of hydrogen-bond acceptors (Lipinski definition) is 2. The lowest BCUT2D eigenvalue weighted by Gasteiger charge is -2.28. The zero-order valence-electron chi connectivity index (χ0n) is 11.8. The van der Waals surface area contributed by atoms with Crippen molar-refractivity contribution in [2.75, 3.05) is 0 Å². The normalized spacial score (nSPS) is 17.9. The Bertz CT molecular complexity index is 380. The summed E-state index contributed by atoms with van der Waals surface area (Å²) in [6.45, 7) is 2.14. The van der Waals surface area contributed by atoms with E-state index in [1.54, 1.807) is 0 Å². The second-order valence-corrected chi connectivity index (χ2v) is 5.53. The van der Waals surface area contributed by atoms with Crippen LogP contribution in [0.1, 0.15) is 51.9 Å². The first-order chi connectivity index (χ1) is 9.31. The number of hydrogen-bond donors (Lipinski definition) is 0. The van der Waals surface area contributed by atoms with Crippen molar-refractivity contribution >= 4 is 5.97 Å². The van der Waals surface area contributed by atoms with E-state index < -0.39 is 0 Å². The highest BCUT2D eigenvalue weighted by Gasteiger charge is 2.30. The molecule has 0 heterocycles. The maximum Gasteiger partial charge on any atom is 0.314 e. The van der Waals surface area contributed by atoms with E-state index in [-0.39, 0.29) is 11.9 Å². The molecule has 0 aromatic heterocycles. The molecule has 2 nitrogen and oxygen atoms in total. The SMILES string of the molecule is CCCC(C(=O)Oc1ccccc1)C1CCCCC1. The number of para-hydroxylation sites is 1. The largest absolute Gasteiger partial charge is 0.426 e. The molecule has 104 valence electrons. The third-order valence-electron chi connectivity index (χ3n) is 4.08. The molecule has 0 N–H and O–H groups in total. The van der Waals surface area contributed by atoms with Gasteiger partial charge in [-0.1, -0.05) is 50.8 Å². The number of ether oxygens (including phenoxy) is 1. The quantitative estimate of drug-likeness (QED) is 0.572. The minimum atomic E-state index is -0.0278. The summed E-state index contributed by atoms with van der Waals surface area (Å²) in [4.78, 5) is 12.4. The highest BCUT2D eigenvalue weighted by molar-refractivity contribution is 5.75. The van der Waals surface area contributed by atoms with Gasteiger partial charge in [-0.15, -0.1) is 0 Å². The van der Waals surface area contributed by atoms with Crippen molar-refractivity contribution in [1.29, 1.82) is 0 Å². The summed E-state index contributed by atoms with van der Waals surface area (Å²) in [5.74, 6) is 1.26. The lowest BCUT2D eigenvalue weighted by molar-refractivity contribution is -0.141. The zero-order valence-corrected chi connectivity index (χ0v) is 11.8. The van der Waals surface area contributed by atoms with E-state index in [1.807, 2.05) is 30.3 Å². The summed E-state index contributed by atoms with van der Waals surface area (Å²) >= 11 is 0. The summed E-state index contributed by atoms with van der Waals surface area (Å²) in [7, 11) is 0. The molecule has 1 saturated carbocycles. The summed E-state index contributed by atoms with van der Waals surface area (Å²) in [5.41, 5.74) is 0. The summed E-state index contributed by atoms with van der Waals surface area (Å²) in [6.07, 6.45) is 8.24. The average molecular weight is 260 g/mol. The third kappa shape index (κ3) is 4.09. The third-order valence-corrected chi connectivity index (χ3v) is 4.08. The molecule has 0 saturated heterocycles. The van der Waals surface area contributed by atoms with Crippen LogP contribution in [0.3, 0.4) is 0 Å². The molecule has 1 aromatic rings. The summed E-state index contributed by atoms with van der Waals surface area (Å²) in [6, 6.07) is 9.43. The van der Waals surface area contributed by atoms with Crippen LogP contribution in [0.25, 0.3) is 0 Å². The Labute approximate surface area is 116 Å². The molecule has 0 bridgehead atoms. The van der Waals surface area contributed by atoms with Crippen molar-refractivity contribution in [1.82, 2.24) is 0 Å². The number of carbonyl (C=O) groups is 1. The van der Waals surface area contributed by atoms with Gasteiger partial charge in [-0.3, -0.25) is 4.79 Å². The van der Waals surface area contributed by atoms with Crippen molar-refractivity contribution in [3.63, 3.8) is 0 Å². The van der Waals surface area contributed by atoms with Gasteiger partial charge in [-0.2, -0.15) is 0 Å². The van der Waals surface area contributed by atoms with E-state index >= 15 is 0 Å². The van der Waals surface area contributed by atoms with E-state index in [4.69, 9.17) is 4.74 Å². The molecule has 1 fully saturated rings. The molecule has 0 radical (unpaired) electrons. The van der Waals surface area contributed by atoms with E-state index in [0.29, 0.717) is 11.7 Å². The van der Waals surface area contributed by atoms with Crippen molar-refractivity contribution in [2.45, 2.75) is 51.9 Å². The molecule has 1 aromatic carbocycles. The first-order valence-corrected chi connectivity index (χ1v) is 7.58. The van der Waals surface area contributed by atoms with E-state index in [1.165, 1.54) is 32.1 Å². The van der Waals surface area contributed by atoms with Crippen LogP contribution in [0.2, 0.25) is 0 Å². The molecule has 2 rings (SSSR count). The highest BCUT2D eigenvalue weighted by atomic mass is 16.5. The van der Waals surface area contributed by atoms with Gasteiger partial charge in [0.25, 0.3) is 0 Å². The molecule has 1 aliphatic carbocycles. The predicted octanol–water partition coefficient (Wildman–Crippen LogP) is 4.59. The number of carbonyl (C=O) groups excluding carboxylic acids is 1. The second kappa shape index (κ2) is 7.32. The fourth-order valence-corrected chi connectivity index (χ4v) is 3.07. The Morgan fingerprint density at radius 3 is 2.53 bits per heavy atom. The Morgan fingerprint density at radius 2 is 1.89 bits per heavy atom. The van der Waals surface area contributed by atoms with E-state index in [2.05, 4.69) is 6.92 Å². The van der Waals surface area contributed by atoms with Crippen molar-refractivity contribution in [3.8, 4) is 5.75 Å². The van der Waals surface area contributed by atoms with E-state index in [0.717, 1.165) is 12.8 Å². The van der Waals surface area contributed by atoms with Gasteiger partial charge in [0.05, 0.1) is 5.92 Å². The van der Waals surface area contributed by atoms with Crippen LogP contribution in [-0.4, -0.2) is 5.97 Å². The Morgan fingerprint density at radius 1 is 1.21 bits per heavy atom. The standard InChI is InChI=1S/C17H24O2/c1-2-9-16(14-10-5-3-6-11-14)17(18)19-15-12-7-4-8-13-15/h4,7-8,12-14,16H,2-3,5-6,9-11H2,1H3. The molecule has 0 spiro atoms. The first kappa shape index (κ1) is 14.1. The number of benzene rings is 1. The van der Waals surface area contributed by atoms with Crippen LogP contribution in [-0.2, 0) is 4.79 Å². The zero-order chi connectivity index (χ0) is 13.5. The average Bonchev–Trinajstić information content (AvgIpc) is 2.46. The maximum atomic E-state index is 12.4. The lowest BCUT2D eigenvalue weighted by Crippen LogP contribution is -2.29. The van der Waals surface area contributed by atoms with Crippen LogP contribution < -0.4 is 4.74 Å². The van der Waals surface area contributed by atoms with Crippen LogP contribution in [0.15, 0.2) is 30.3 Å². The van der Waals surface area contributed by atoms with Gasteiger partial charge in [-0.25, -0.2) is 0 Å². The van der Waals surface area contributed by atoms with Crippen LogP contribution in [0.5, 0.6) is 5.75 Å². The number of esters is 1. The molecule has 1 unspecified atom stereocenters. The fraction of sp³-hybridized carbons (Fsp3) is 0.588. The lowest BCUT2D eigenvalue weighted by atomic mass is 9.78. The Balaban J connectivity index is 1.99. The fourth-order valence-electron chi connectivity index (χ4n) is 3.07. The van der Waals surface area contributed by atoms with Gasteiger partial charge in [0.15, 0.2) is 0 Å². The number of rotatable bonds is 5. The van der Waals surface area contributed by atoms with E-state index in [9.17, 15) is 4.79 Å². The monoisotopic (exact) mass is 260 g/mol. The minimum Gasteiger partial charge on any atom is -0.426 e. The summed E-state index contributed by atoms with van der Waals surface area (Å²) < 4.78 is 5.54. The van der Waals surface area contributed by atoms with Gasteiger partial charge in [0.2, 0.25) is 0 Å². The van der Waals surface area contributed by atoms with Crippen LogP contribution >= 0.6 is 0 Å². The smallest absolute Gasteiger partial charge is 0.314 e. The summed E-state index contributed by atoms with van der Waals surface area (Å²) in [5, 5.41) is 0. The Hall–Kier alpha value is -1.31. The molecular formula is C17H24O2. The Kier molecular flexibility index (Phi) is 5.44. The molecule has 0 aliphatic heterocycles.